The summed E-state index contributed by atoms with van der Waals surface area (Å²) in [6.07, 6.45) is 6.51. The Labute approximate surface area is 262 Å². The van der Waals surface area contributed by atoms with Crippen LogP contribution in [-0.2, 0) is 4.79 Å². The maximum absolute atomic E-state index is 13.7. The summed E-state index contributed by atoms with van der Waals surface area (Å²) in [6, 6.07) is 15.2. The summed E-state index contributed by atoms with van der Waals surface area (Å²) in [4.78, 5) is 33.4. The number of rotatable bonds is 7. The summed E-state index contributed by atoms with van der Waals surface area (Å²) >= 11 is 0. The zero-order valence-electron chi connectivity index (χ0n) is 25.9. The van der Waals surface area contributed by atoms with E-state index in [0.717, 1.165) is 44.6 Å². The SMILES string of the molecule is CN1CCN(C(C)(C)C=C(C#N)C(=O)N2CCCC(n3nc(-c4ccc(Oc5ccccc5)nc4)c4c(N)ncnc43)C2)CC1. The Hall–Kier alpha value is -4.86. The number of nitrogens with two attached hydrogens (primary N) is 1. The number of anilines is 1. The third kappa shape index (κ3) is 6.36. The highest BCUT2D eigenvalue weighted by molar-refractivity contribution is 5.99. The van der Waals surface area contributed by atoms with Gasteiger partial charge in [-0.2, -0.15) is 10.4 Å². The Kier molecular flexibility index (Phi) is 8.47. The molecule has 1 atom stereocenters. The van der Waals surface area contributed by atoms with Gasteiger partial charge in [-0.1, -0.05) is 18.2 Å². The highest BCUT2D eigenvalue weighted by Gasteiger charge is 2.33. The number of hydrogen-bond acceptors (Lipinski definition) is 10. The van der Waals surface area contributed by atoms with Crippen molar-refractivity contribution in [1.82, 2.24) is 39.4 Å². The van der Waals surface area contributed by atoms with Crippen LogP contribution >= 0.6 is 0 Å². The van der Waals surface area contributed by atoms with Gasteiger partial charge in [0.25, 0.3) is 5.91 Å². The number of ether oxygens (including phenoxy) is 1. The van der Waals surface area contributed by atoms with Gasteiger partial charge in [0.05, 0.1) is 11.4 Å². The third-order valence-corrected chi connectivity index (χ3v) is 8.69. The number of pyridine rings is 1. The molecule has 2 fully saturated rings. The molecule has 0 saturated carbocycles. The number of amides is 1. The van der Waals surface area contributed by atoms with Crippen LogP contribution in [0.5, 0.6) is 11.6 Å². The number of likely N-dealkylation sites (tertiary alicyclic amines) is 1. The zero-order valence-corrected chi connectivity index (χ0v) is 25.9. The van der Waals surface area contributed by atoms with Gasteiger partial charge in [0.2, 0.25) is 5.88 Å². The van der Waals surface area contributed by atoms with Gasteiger partial charge in [-0.05, 0) is 58.0 Å². The van der Waals surface area contributed by atoms with E-state index in [1.54, 1.807) is 17.2 Å². The number of nitrogen functional groups attached to an aromatic ring is 1. The van der Waals surface area contributed by atoms with Crippen molar-refractivity contribution in [1.29, 1.82) is 5.26 Å². The molecule has 0 aliphatic carbocycles. The summed E-state index contributed by atoms with van der Waals surface area (Å²) in [5.41, 5.74) is 8.05. The Morgan fingerprint density at radius 1 is 1.07 bits per heavy atom. The first-order valence-corrected chi connectivity index (χ1v) is 15.3. The first-order valence-electron chi connectivity index (χ1n) is 15.3. The first-order chi connectivity index (χ1) is 21.7. The molecule has 1 unspecified atom stereocenters. The van der Waals surface area contributed by atoms with Gasteiger partial charge in [0.15, 0.2) is 5.65 Å². The van der Waals surface area contributed by atoms with Crippen molar-refractivity contribution in [2.75, 3.05) is 52.0 Å². The number of carbonyl (C=O) groups is 1. The second-order valence-electron chi connectivity index (χ2n) is 12.2. The Morgan fingerprint density at radius 3 is 2.56 bits per heavy atom. The number of hydrogen-bond donors (Lipinski definition) is 1. The number of para-hydroxylation sites is 1. The van der Waals surface area contributed by atoms with Crippen molar-refractivity contribution in [2.24, 2.45) is 0 Å². The summed E-state index contributed by atoms with van der Waals surface area (Å²) in [5.74, 6) is 1.21. The zero-order chi connectivity index (χ0) is 31.6. The van der Waals surface area contributed by atoms with E-state index in [0.29, 0.717) is 47.3 Å². The average Bonchev–Trinajstić information content (AvgIpc) is 3.45. The van der Waals surface area contributed by atoms with Crippen LogP contribution in [0.1, 0.15) is 32.7 Å². The molecule has 0 spiro atoms. The van der Waals surface area contributed by atoms with E-state index in [1.165, 1.54) is 6.33 Å². The molecule has 45 heavy (non-hydrogen) atoms. The van der Waals surface area contributed by atoms with Crippen LogP contribution in [0.25, 0.3) is 22.3 Å². The average molecular weight is 607 g/mol. The minimum absolute atomic E-state index is 0.160. The predicted octanol–water partition coefficient (Wildman–Crippen LogP) is 3.90. The molecule has 0 radical (unpaired) electrons. The van der Waals surface area contributed by atoms with Gasteiger partial charge < -0.3 is 20.3 Å². The molecule has 3 aromatic heterocycles. The van der Waals surface area contributed by atoms with Crippen LogP contribution in [-0.4, -0.2) is 97.2 Å². The van der Waals surface area contributed by atoms with E-state index in [-0.39, 0.29) is 17.5 Å². The molecule has 12 nitrogen and oxygen atoms in total. The number of likely N-dealkylation sites (N-methyl/N-ethyl adjacent to an activating group) is 1. The fourth-order valence-electron chi connectivity index (χ4n) is 6.12. The smallest absolute Gasteiger partial charge is 0.264 e. The second kappa shape index (κ2) is 12.6. The number of nitriles is 1. The van der Waals surface area contributed by atoms with Crippen LogP contribution in [0.4, 0.5) is 5.82 Å². The molecular weight excluding hydrogens is 568 g/mol. The molecule has 4 aromatic rings. The molecule has 1 amide bonds. The Balaban J connectivity index is 1.25. The number of aromatic nitrogens is 5. The highest BCUT2D eigenvalue weighted by Crippen LogP contribution is 2.34. The van der Waals surface area contributed by atoms with Gasteiger partial charge in [-0.15, -0.1) is 0 Å². The molecule has 232 valence electrons. The lowest BCUT2D eigenvalue weighted by molar-refractivity contribution is -0.128. The van der Waals surface area contributed by atoms with Crippen LogP contribution in [0.3, 0.4) is 0 Å². The first kappa shape index (κ1) is 30.2. The minimum atomic E-state index is -0.422. The third-order valence-electron chi connectivity index (χ3n) is 8.69. The number of piperidine rings is 1. The largest absolute Gasteiger partial charge is 0.439 e. The topological polar surface area (TPSA) is 142 Å². The van der Waals surface area contributed by atoms with Gasteiger partial charge in [-0.25, -0.2) is 19.6 Å². The van der Waals surface area contributed by atoms with E-state index >= 15 is 0 Å². The van der Waals surface area contributed by atoms with Crippen molar-refractivity contribution in [3.63, 3.8) is 0 Å². The van der Waals surface area contributed by atoms with Gasteiger partial charge in [-0.3, -0.25) is 9.69 Å². The van der Waals surface area contributed by atoms with E-state index < -0.39 is 5.54 Å². The number of fused-ring (bicyclic) bond motifs is 1. The molecule has 2 N–H and O–H groups in total. The van der Waals surface area contributed by atoms with Crippen LogP contribution in [0, 0.1) is 11.3 Å². The fraction of sp³-hybridized carbons (Fsp3) is 0.394. The van der Waals surface area contributed by atoms with Crippen LogP contribution in [0.2, 0.25) is 0 Å². The lowest BCUT2D eigenvalue weighted by Crippen LogP contribution is -2.53. The fourth-order valence-corrected chi connectivity index (χ4v) is 6.12. The standard InChI is InChI=1S/C33H38N10O2/c1-33(2,42-16-14-40(3)15-17-42)18-24(19-34)32(44)41-13-7-8-25(21-41)43-31-28(30(35)37-22-38-31)29(39-43)23-11-12-27(36-20-23)45-26-9-5-4-6-10-26/h4-6,9-12,18,20,22,25H,7-8,13-17,21H2,1-3H3,(H2,35,37,38). The number of benzene rings is 1. The minimum Gasteiger partial charge on any atom is -0.439 e. The van der Waals surface area contributed by atoms with E-state index in [4.69, 9.17) is 15.6 Å². The van der Waals surface area contributed by atoms with Gasteiger partial charge >= 0.3 is 0 Å². The Bertz CT molecular complexity index is 1740. The van der Waals surface area contributed by atoms with Gasteiger partial charge in [0.1, 0.15) is 35.2 Å². The van der Waals surface area contributed by atoms with Crippen molar-refractivity contribution >= 4 is 22.8 Å². The lowest BCUT2D eigenvalue weighted by Gasteiger charge is -2.42. The molecule has 0 bridgehead atoms. The molecule has 12 heteroatoms. The van der Waals surface area contributed by atoms with Gasteiger partial charge in [0, 0.05) is 62.6 Å². The van der Waals surface area contributed by atoms with Crippen LogP contribution in [0.15, 0.2) is 66.6 Å². The van der Waals surface area contributed by atoms with Crippen molar-refractivity contribution in [3.8, 4) is 29.0 Å². The molecule has 1 aromatic carbocycles. The molecule has 2 saturated heterocycles. The van der Waals surface area contributed by atoms with Crippen molar-refractivity contribution in [2.45, 2.75) is 38.3 Å². The highest BCUT2D eigenvalue weighted by atomic mass is 16.5. The monoisotopic (exact) mass is 606 g/mol. The van der Waals surface area contributed by atoms with E-state index in [9.17, 15) is 10.1 Å². The van der Waals surface area contributed by atoms with E-state index in [1.807, 2.05) is 47.2 Å². The predicted molar refractivity (Wildman–Crippen MR) is 171 cm³/mol. The second-order valence-corrected chi connectivity index (χ2v) is 12.2. The molecular formula is C33H38N10O2. The van der Waals surface area contributed by atoms with E-state index in [2.05, 4.69) is 51.7 Å². The molecule has 6 rings (SSSR count). The summed E-state index contributed by atoms with van der Waals surface area (Å²) in [5, 5.41) is 15.7. The Morgan fingerprint density at radius 2 is 1.84 bits per heavy atom. The van der Waals surface area contributed by atoms with Crippen molar-refractivity contribution in [3.05, 3.63) is 66.6 Å². The number of piperazine rings is 1. The maximum atomic E-state index is 13.7. The molecule has 2 aliphatic rings. The quantitative estimate of drug-likeness (QED) is 0.243. The maximum Gasteiger partial charge on any atom is 0.264 e. The normalized spacial score (nSPS) is 18.6. The van der Waals surface area contributed by atoms with Crippen LogP contribution < -0.4 is 10.5 Å². The number of nitrogens with zero attached hydrogens (tertiary/aromatic N) is 9. The lowest BCUT2D eigenvalue weighted by atomic mass is 9.96. The molecule has 5 heterocycles. The summed E-state index contributed by atoms with van der Waals surface area (Å²) < 4.78 is 7.70. The summed E-state index contributed by atoms with van der Waals surface area (Å²) in [7, 11) is 2.11. The summed E-state index contributed by atoms with van der Waals surface area (Å²) in [6.45, 7) is 8.78. The molecule has 2 aliphatic heterocycles. The number of carbonyl (C=O) groups excluding carboxylic acids is 1. The van der Waals surface area contributed by atoms with Crippen molar-refractivity contribution < 1.29 is 9.53 Å².